The maximum absolute atomic E-state index is 4.21. The highest BCUT2D eigenvalue weighted by molar-refractivity contribution is 14.0. The Hall–Kier alpha value is -1.16. The molecule has 21 heavy (non-hydrogen) atoms. The predicted octanol–water partition coefficient (Wildman–Crippen LogP) is 1.96. The van der Waals surface area contributed by atoms with E-state index in [1.54, 1.807) is 29.4 Å². The van der Waals surface area contributed by atoms with Crippen LogP contribution in [0.15, 0.2) is 28.1 Å². The van der Waals surface area contributed by atoms with Gasteiger partial charge in [0.25, 0.3) is 0 Å². The van der Waals surface area contributed by atoms with Gasteiger partial charge >= 0.3 is 0 Å². The smallest absolute Gasteiger partial charge is 0.191 e. The number of thiophene rings is 1. The number of halogens is 1. The van der Waals surface area contributed by atoms with Gasteiger partial charge in [-0.1, -0.05) is 6.92 Å². The summed E-state index contributed by atoms with van der Waals surface area (Å²) in [5, 5.41) is 14.9. The van der Waals surface area contributed by atoms with E-state index in [0.717, 1.165) is 18.3 Å². The average molecular weight is 420 g/mol. The lowest BCUT2D eigenvalue weighted by Crippen LogP contribution is -2.39. The molecule has 0 aliphatic heterocycles. The summed E-state index contributed by atoms with van der Waals surface area (Å²) in [6, 6.07) is 2.16. The van der Waals surface area contributed by atoms with E-state index in [2.05, 4.69) is 49.5 Å². The molecule has 0 spiro atoms. The molecule has 1 atom stereocenters. The fourth-order valence-corrected chi connectivity index (χ4v) is 2.57. The van der Waals surface area contributed by atoms with Gasteiger partial charge in [0.15, 0.2) is 5.96 Å². The Morgan fingerprint density at radius 2 is 2.29 bits per heavy atom. The second-order valence-corrected chi connectivity index (χ2v) is 5.34. The van der Waals surface area contributed by atoms with E-state index in [0.29, 0.717) is 12.5 Å². The van der Waals surface area contributed by atoms with Crippen LogP contribution < -0.4 is 10.6 Å². The van der Waals surface area contributed by atoms with Crippen molar-refractivity contribution in [3.63, 3.8) is 0 Å². The second kappa shape index (κ2) is 8.98. The first-order valence-corrected chi connectivity index (χ1v) is 7.44. The summed E-state index contributed by atoms with van der Waals surface area (Å²) in [5.41, 5.74) is 1.35. The van der Waals surface area contributed by atoms with Crippen LogP contribution in [-0.2, 0) is 13.6 Å². The van der Waals surface area contributed by atoms with Gasteiger partial charge in [-0.15, -0.1) is 24.0 Å². The van der Waals surface area contributed by atoms with E-state index < -0.39 is 0 Å². The molecule has 0 amide bonds. The standard InChI is InChI=1S/C13H20N6S.HI/c1-10(11-4-5-20-8-11)6-15-13(14-2)16-7-12-17-9-18-19(12)3;/h4-5,8-10H,6-7H2,1-3H3,(H2,14,15,16);1H. The van der Waals surface area contributed by atoms with Gasteiger partial charge in [0.2, 0.25) is 0 Å². The number of aromatic nitrogens is 3. The minimum absolute atomic E-state index is 0. The molecule has 0 aromatic carbocycles. The van der Waals surface area contributed by atoms with Gasteiger partial charge in [0, 0.05) is 20.6 Å². The lowest BCUT2D eigenvalue weighted by Gasteiger charge is -2.15. The van der Waals surface area contributed by atoms with E-state index in [4.69, 9.17) is 0 Å². The van der Waals surface area contributed by atoms with Gasteiger partial charge in [0.05, 0.1) is 6.54 Å². The van der Waals surface area contributed by atoms with Gasteiger partial charge in [-0.2, -0.15) is 16.4 Å². The number of hydrogen-bond donors (Lipinski definition) is 2. The van der Waals surface area contributed by atoms with Gasteiger partial charge in [-0.3, -0.25) is 9.67 Å². The van der Waals surface area contributed by atoms with E-state index >= 15 is 0 Å². The molecule has 2 heterocycles. The molecule has 6 nitrogen and oxygen atoms in total. The number of nitrogens with one attached hydrogen (secondary N) is 2. The third-order valence-corrected chi connectivity index (χ3v) is 3.83. The highest BCUT2D eigenvalue weighted by Gasteiger charge is 2.07. The highest BCUT2D eigenvalue weighted by atomic mass is 127. The summed E-state index contributed by atoms with van der Waals surface area (Å²) >= 11 is 1.73. The van der Waals surface area contributed by atoms with Crippen molar-refractivity contribution in [3.05, 3.63) is 34.5 Å². The third kappa shape index (κ3) is 5.27. The Balaban J connectivity index is 0.00000220. The van der Waals surface area contributed by atoms with Gasteiger partial charge in [-0.05, 0) is 28.3 Å². The zero-order valence-electron chi connectivity index (χ0n) is 12.4. The summed E-state index contributed by atoms with van der Waals surface area (Å²) in [4.78, 5) is 8.38. The molecule has 116 valence electrons. The van der Waals surface area contributed by atoms with Crippen LogP contribution >= 0.6 is 35.3 Å². The molecular formula is C13H21IN6S. The summed E-state index contributed by atoms with van der Waals surface area (Å²) in [7, 11) is 3.64. The van der Waals surface area contributed by atoms with E-state index in [-0.39, 0.29) is 24.0 Å². The topological polar surface area (TPSA) is 67.1 Å². The zero-order chi connectivity index (χ0) is 14.4. The predicted molar refractivity (Wildman–Crippen MR) is 97.4 cm³/mol. The van der Waals surface area contributed by atoms with Crippen molar-refractivity contribution in [3.8, 4) is 0 Å². The van der Waals surface area contributed by atoms with Crippen molar-refractivity contribution in [1.82, 2.24) is 25.4 Å². The van der Waals surface area contributed by atoms with Crippen molar-refractivity contribution < 1.29 is 0 Å². The molecular weight excluding hydrogens is 399 g/mol. The largest absolute Gasteiger partial charge is 0.356 e. The Morgan fingerprint density at radius 3 is 2.86 bits per heavy atom. The van der Waals surface area contributed by atoms with Crippen LogP contribution in [0, 0.1) is 0 Å². The van der Waals surface area contributed by atoms with E-state index in [1.807, 2.05) is 7.05 Å². The third-order valence-electron chi connectivity index (χ3n) is 3.13. The van der Waals surface area contributed by atoms with Crippen LogP contribution in [-0.4, -0.2) is 34.3 Å². The molecule has 2 N–H and O–H groups in total. The number of aryl methyl sites for hydroxylation is 1. The zero-order valence-corrected chi connectivity index (χ0v) is 15.6. The first kappa shape index (κ1) is 17.9. The number of hydrogen-bond acceptors (Lipinski definition) is 4. The summed E-state index contributed by atoms with van der Waals surface area (Å²) in [6.45, 7) is 3.64. The molecule has 1 unspecified atom stereocenters. The van der Waals surface area contributed by atoms with Crippen molar-refractivity contribution in [2.24, 2.45) is 12.0 Å². The molecule has 0 radical (unpaired) electrons. The summed E-state index contributed by atoms with van der Waals surface area (Å²) < 4.78 is 1.74. The quantitative estimate of drug-likeness (QED) is 0.441. The molecule has 0 aliphatic rings. The number of rotatable bonds is 5. The van der Waals surface area contributed by atoms with Gasteiger partial charge < -0.3 is 10.6 Å². The van der Waals surface area contributed by atoms with Gasteiger partial charge in [0.1, 0.15) is 12.2 Å². The normalized spacial score (nSPS) is 12.6. The van der Waals surface area contributed by atoms with Crippen LogP contribution in [0.5, 0.6) is 0 Å². The Morgan fingerprint density at radius 1 is 1.48 bits per heavy atom. The molecule has 2 aromatic heterocycles. The monoisotopic (exact) mass is 420 g/mol. The molecule has 2 rings (SSSR count). The molecule has 0 saturated carbocycles. The van der Waals surface area contributed by atoms with E-state index in [9.17, 15) is 0 Å². The minimum Gasteiger partial charge on any atom is -0.356 e. The van der Waals surface area contributed by atoms with Crippen LogP contribution in [0.2, 0.25) is 0 Å². The second-order valence-electron chi connectivity index (χ2n) is 4.56. The lowest BCUT2D eigenvalue weighted by atomic mass is 10.1. The highest BCUT2D eigenvalue weighted by Crippen LogP contribution is 2.16. The van der Waals surface area contributed by atoms with Crippen molar-refractivity contribution >= 4 is 41.3 Å². The maximum Gasteiger partial charge on any atom is 0.191 e. The SMILES string of the molecule is CN=C(NCc1ncnn1C)NCC(C)c1ccsc1.I. The van der Waals surface area contributed by atoms with Crippen molar-refractivity contribution in [2.45, 2.75) is 19.4 Å². The Bertz CT molecular complexity index is 551. The van der Waals surface area contributed by atoms with Crippen molar-refractivity contribution in [2.75, 3.05) is 13.6 Å². The fourth-order valence-electron chi connectivity index (χ4n) is 1.79. The first-order chi connectivity index (χ1) is 9.70. The Kier molecular flexibility index (Phi) is 7.65. The molecule has 8 heteroatoms. The molecule has 0 bridgehead atoms. The number of guanidine groups is 1. The van der Waals surface area contributed by atoms with Crippen LogP contribution in [0.25, 0.3) is 0 Å². The van der Waals surface area contributed by atoms with Gasteiger partial charge in [-0.25, -0.2) is 4.98 Å². The maximum atomic E-state index is 4.21. The lowest BCUT2D eigenvalue weighted by molar-refractivity contribution is 0.661. The summed E-state index contributed by atoms with van der Waals surface area (Å²) in [5.74, 6) is 2.10. The molecule has 0 aliphatic carbocycles. The van der Waals surface area contributed by atoms with Crippen LogP contribution in [0.4, 0.5) is 0 Å². The van der Waals surface area contributed by atoms with Crippen molar-refractivity contribution in [1.29, 1.82) is 0 Å². The number of nitrogens with zero attached hydrogens (tertiary/aromatic N) is 4. The number of aliphatic imine (C=N–C) groups is 1. The minimum atomic E-state index is 0. The Labute approximate surface area is 146 Å². The van der Waals surface area contributed by atoms with Crippen LogP contribution in [0.3, 0.4) is 0 Å². The molecule has 2 aromatic rings. The molecule has 0 fully saturated rings. The fraction of sp³-hybridized carbons (Fsp3) is 0.462. The average Bonchev–Trinajstić information content (AvgIpc) is 3.10. The molecule has 0 saturated heterocycles. The van der Waals surface area contributed by atoms with E-state index in [1.165, 1.54) is 5.56 Å². The summed E-state index contributed by atoms with van der Waals surface area (Å²) in [6.07, 6.45) is 1.55. The first-order valence-electron chi connectivity index (χ1n) is 6.50. The van der Waals surface area contributed by atoms with Crippen LogP contribution in [0.1, 0.15) is 24.2 Å².